The van der Waals surface area contributed by atoms with Crippen molar-refractivity contribution < 1.29 is 0 Å². The van der Waals surface area contributed by atoms with Crippen molar-refractivity contribution in [1.29, 1.82) is 0 Å². The van der Waals surface area contributed by atoms with E-state index in [1.54, 1.807) is 0 Å². The fraction of sp³-hybridized carbons (Fsp3) is 0.286. The van der Waals surface area contributed by atoms with Gasteiger partial charge in [-0.15, -0.1) is 0 Å². The zero-order valence-electron chi connectivity index (χ0n) is 13.9. The highest BCUT2D eigenvalue weighted by molar-refractivity contribution is 5.63. The van der Waals surface area contributed by atoms with E-state index in [1.807, 2.05) is 16.8 Å². The van der Waals surface area contributed by atoms with Gasteiger partial charge in [-0.25, -0.2) is 4.68 Å². The van der Waals surface area contributed by atoms with Gasteiger partial charge in [0.1, 0.15) is 0 Å². The molecule has 1 heterocycles. The smallest absolute Gasteiger partial charge is 0.0972 e. The highest BCUT2D eigenvalue weighted by Crippen LogP contribution is 2.25. The topological polar surface area (TPSA) is 29.9 Å². The van der Waals surface area contributed by atoms with Crippen molar-refractivity contribution >= 4 is 0 Å². The Hall–Kier alpha value is -2.39. The first-order valence-corrected chi connectivity index (χ1v) is 8.83. The second kappa shape index (κ2) is 7.02. The summed E-state index contributed by atoms with van der Waals surface area (Å²) in [5, 5.41) is 8.59. The average molecular weight is 317 g/mol. The molecule has 1 aliphatic carbocycles. The molecule has 0 aliphatic heterocycles. The number of aromatic nitrogens is 2. The third kappa shape index (κ3) is 3.26. The lowest BCUT2D eigenvalue weighted by atomic mass is 10.1. The van der Waals surface area contributed by atoms with Gasteiger partial charge in [0, 0.05) is 29.9 Å². The highest BCUT2D eigenvalue weighted by atomic mass is 15.3. The minimum absolute atomic E-state index is 0.661. The lowest BCUT2D eigenvalue weighted by Gasteiger charge is -2.11. The lowest BCUT2D eigenvalue weighted by Crippen LogP contribution is -2.25. The molecule has 1 N–H and O–H groups in total. The number of para-hydroxylation sites is 1. The van der Waals surface area contributed by atoms with Crippen LogP contribution in [0.5, 0.6) is 0 Å². The van der Waals surface area contributed by atoms with Crippen LogP contribution in [0, 0.1) is 0 Å². The summed E-state index contributed by atoms with van der Waals surface area (Å²) in [5.41, 5.74) is 4.61. The van der Waals surface area contributed by atoms with Gasteiger partial charge in [-0.1, -0.05) is 61.4 Å². The van der Waals surface area contributed by atoms with Crippen LogP contribution < -0.4 is 5.32 Å². The summed E-state index contributed by atoms with van der Waals surface area (Å²) < 4.78 is 1.99. The van der Waals surface area contributed by atoms with Crippen LogP contribution in [-0.4, -0.2) is 15.8 Å². The Bertz CT molecular complexity index is 771. The van der Waals surface area contributed by atoms with Crippen molar-refractivity contribution in [2.45, 2.75) is 38.3 Å². The summed E-state index contributed by atoms with van der Waals surface area (Å²) in [6.45, 7) is 0.877. The molecular formula is C21H23N3. The standard InChI is InChI=1S/C21H23N3/c1-3-9-17(10-4-1)21-18(15-22-19-11-7-8-12-19)16-24(23-21)20-13-5-2-6-14-20/h1-6,9-10,13-14,16,19,22H,7-8,11-12,15H2. The summed E-state index contributed by atoms with van der Waals surface area (Å²) in [4.78, 5) is 0. The molecule has 24 heavy (non-hydrogen) atoms. The van der Waals surface area contributed by atoms with Crippen molar-refractivity contribution in [2.24, 2.45) is 0 Å². The van der Waals surface area contributed by atoms with Crippen molar-refractivity contribution in [3.05, 3.63) is 72.4 Å². The average Bonchev–Trinajstić information content (AvgIpc) is 3.31. The predicted molar refractivity (Wildman–Crippen MR) is 98.1 cm³/mol. The molecule has 2 aromatic carbocycles. The first-order valence-electron chi connectivity index (χ1n) is 8.83. The van der Waals surface area contributed by atoms with E-state index in [1.165, 1.54) is 36.8 Å². The molecule has 0 radical (unpaired) electrons. The Morgan fingerprint density at radius 3 is 2.29 bits per heavy atom. The molecule has 122 valence electrons. The highest BCUT2D eigenvalue weighted by Gasteiger charge is 2.17. The summed E-state index contributed by atoms with van der Waals surface area (Å²) in [6.07, 6.45) is 7.47. The van der Waals surface area contributed by atoms with Crippen molar-refractivity contribution in [1.82, 2.24) is 15.1 Å². The summed E-state index contributed by atoms with van der Waals surface area (Å²) in [6, 6.07) is 21.5. The number of hydrogen-bond acceptors (Lipinski definition) is 2. The van der Waals surface area contributed by atoms with Gasteiger partial charge in [0.2, 0.25) is 0 Å². The Kier molecular flexibility index (Phi) is 4.43. The first-order chi connectivity index (χ1) is 11.9. The van der Waals surface area contributed by atoms with Gasteiger partial charge >= 0.3 is 0 Å². The molecule has 3 heteroatoms. The van der Waals surface area contributed by atoms with Crippen molar-refractivity contribution in [2.75, 3.05) is 0 Å². The second-order valence-corrected chi connectivity index (χ2v) is 6.51. The van der Waals surface area contributed by atoms with Gasteiger partial charge in [-0.2, -0.15) is 5.10 Å². The Morgan fingerprint density at radius 1 is 0.917 bits per heavy atom. The SMILES string of the molecule is c1ccc(-c2nn(-c3ccccc3)cc2CNC2CCCC2)cc1. The Balaban J connectivity index is 1.65. The van der Waals surface area contributed by atoms with Crippen LogP contribution in [0.1, 0.15) is 31.2 Å². The monoisotopic (exact) mass is 317 g/mol. The zero-order chi connectivity index (χ0) is 16.2. The van der Waals surface area contributed by atoms with Crippen LogP contribution >= 0.6 is 0 Å². The van der Waals surface area contributed by atoms with Gasteiger partial charge in [-0.3, -0.25) is 0 Å². The van der Waals surface area contributed by atoms with E-state index in [0.717, 1.165) is 17.9 Å². The zero-order valence-corrected chi connectivity index (χ0v) is 13.9. The second-order valence-electron chi connectivity index (χ2n) is 6.51. The Morgan fingerprint density at radius 2 is 1.58 bits per heavy atom. The molecular weight excluding hydrogens is 294 g/mol. The van der Waals surface area contributed by atoms with E-state index in [2.05, 4.69) is 60.0 Å². The molecule has 4 rings (SSSR count). The van der Waals surface area contributed by atoms with Crippen LogP contribution in [0.25, 0.3) is 16.9 Å². The summed E-state index contributed by atoms with van der Waals surface area (Å²) >= 11 is 0. The molecule has 0 unspecified atom stereocenters. The van der Waals surface area contributed by atoms with Crippen LogP contribution in [-0.2, 0) is 6.54 Å². The minimum Gasteiger partial charge on any atom is -0.310 e. The van der Waals surface area contributed by atoms with E-state index in [-0.39, 0.29) is 0 Å². The number of nitrogens with one attached hydrogen (secondary N) is 1. The molecule has 1 saturated carbocycles. The van der Waals surface area contributed by atoms with Gasteiger partial charge in [0.25, 0.3) is 0 Å². The third-order valence-electron chi connectivity index (χ3n) is 4.79. The number of benzene rings is 2. The largest absolute Gasteiger partial charge is 0.310 e. The van der Waals surface area contributed by atoms with Gasteiger partial charge in [0.05, 0.1) is 11.4 Å². The first kappa shape index (κ1) is 15.2. The van der Waals surface area contributed by atoms with Crippen LogP contribution in [0.3, 0.4) is 0 Å². The molecule has 1 aromatic heterocycles. The fourth-order valence-corrected chi connectivity index (χ4v) is 3.48. The van der Waals surface area contributed by atoms with Crippen molar-refractivity contribution in [3.8, 4) is 16.9 Å². The molecule has 0 spiro atoms. The third-order valence-corrected chi connectivity index (χ3v) is 4.79. The van der Waals surface area contributed by atoms with E-state index in [0.29, 0.717) is 6.04 Å². The molecule has 3 nitrogen and oxygen atoms in total. The summed E-state index contributed by atoms with van der Waals surface area (Å²) in [7, 11) is 0. The summed E-state index contributed by atoms with van der Waals surface area (Å²) in [5.74, 6) is 0. The number of nitrogens with zero attached hydrogens (tertiary/aromatic N) is 2. The normalized spacial score (nSPS) is 15.0. The van der Waals surface area contributed by atoms with E-state index in [9.17, 15) is 0 Å². The van der Waals surface area contributed by atoms with E-state index < -0.39 is 0 Å². The fourth-order valence-electron chi connectivity index (χ4n) is 3.48. The molecule has 0 atom stereocenters. The maximum atomic E-state index is 4.87. The number of hydrogen-bond donors (Lipinski definition) is 1. The number of rotatable bonds is 5. The molecule has 0 bridgehead atoms. The van der Waals surface area contributed by atoms with Crippen molar-refractivity contribution in [3.63, 3.8) is 0 Å². The van der Waals surface area contributed by atoms with Gasteiger partial charge in [-0.05, 0) is 25.0 Å². The molecule has 1 fully saturated rings. The van der Waals surface area contributed by atoms with E-state index >= 15 is 0 Å². The van der Waals surface area contributed by atoms with Crippen LogP contribution in [0.15, 0.2) is 66.9 Å². The Labute approximate surface area is 143 Å². The molecule has 1 aliphatic rings. The molecule has 0 saturated heterocycles. The van der Waals surface area contributed by atoms with E-state index in [4.69, 9.17) is 5.10 Å². The van der Waals surface area contributed by atoms with Crippen LogP contribution in [0.4, 0.5) is 0 Å². The molecule has 0 amide bonds. The quantitative estimate of drug-likeness (QED) is 0.747. The van der Waals surface area contributed by atoms with Gasteiger partial charge in [0.15, 0.2) is 0 Å². The molecule has 3 aromatic rings. The van der Waals surface area contributed by atoms with Crippen LogP contribution in [0.2, 0.25) is 0 Å². The maximum absolute atomic E-state index is 4.87. The van der Waals surface area contributed by atoms with Gasteiger partial charge < -0.3 is 5.32 Å². The maximum Gasteiger partial charge on any atom is 0.0972 e. The predicted octanol–water partition coefficient (Wildman–Crippen LogP) is 4.57. The minimum atomic E-state index is 0.661. The lowest BCUT2D eigenvalue weighted by molar-refractivity contribution is 0.524.